The van der Waals surface area contributed by atoms with Crippen LogP contribution in [0.3, 0.4) is 0 Å². The first-order valence-electron chi connectivity index (χ1n) is 9.06. The lowest BCUT2D eigenvalue weighted by atomic mass is 10.1. The summed E-state index contributed by atoms with van der Waals surface area (Å²) in [7, 11) is 1.18. The summed E-state index contributed by atoms with van der Waals surface area (Å²) in [5.74, 6) is -14.7. The van der Waals surface area contributed by atoms with E-state index in [9.17, 15) is 31.5 Å². The molecule has 0 unspecified atom stereocenters. The predicted molar refractivity (Wildman–Crippen MR) is 99.8 cm³/mol. The summed E-state index contributed by atoms with van der Waals surface area (Å²) in [5, 5.41) is 0. The lowest BCUT2D eigenvalue weighted by Crippen LogP contribution is -2.47. The SMILES string of the molecule is CN(C(=O)OC(C)(C)C)[C@@H](Cc1ccccc1)C(=O)Oc1c(F)c(F)c(F)c(F)c1F. The average Bonchev–Trinajstić information content (AvgIpc) is 2.71. The van der Waals surface area contributed by atoms with Gasteiger partial charge in [0.1, 0.15) is 11.6 Å². The Balaban J connectivity index is 2.40. The fourth-order valence-electron chi connectivity index (χ4n) is 2.52. The van der Waals surface area contributed by atoms with Crippen molar-refractivity contribution >= 4 is 12.1 Å². The quantitative estimate of drug-likeness (QED) is 0.219. The first kappa shape index (κ1) is 24.1. The standard InChI is InChI=1S/C21H20F5NO4/c1-21(2,3)31-20(29)27(4)12(10-11-8-6-5-7-9-11)19(28)30-18-16(25)14(23)13(22)15(24)17(18)26/h5-9,12H,10H2,1-4H3/t12-/m0/s1. The molecule has 2 aromatic rings. The van der Waals surface area contributed by atoms with Crippen molar-refractivity contribution in [2.75, 3.05) is 7.05 Å². The van der Waals surface area contributed by atoms with Crippen molar-refractivity contribution in [1.82, 2.24) is 4.90 Å². The van der Waals surface area contributed by atoms with Gasteiger partial charge in [-0.1, -0.05) is 30.3 Å². The van der Waals surface area contributed by atoms with Gasteiger partial charge in [-0.25, -0.2) is 22.8 Å². The maximum absolute atomic E-state index is 13.9. The summed E-state index contributed by atoms with van der Waals surface area (Å²) in [6.45, 7) is 4.74. The largest absolute Gasteiger partial charge is 0.444 e. The summed E-state index contributed by atoms with van der Waals surface area (Å²) < 4.78 is 77.7. The minimum absolute atomic E-state index is 0.176. The zero-order valence-electron chi connectivity index (χ0n) is 17.1. The number of esters is 1. The van der Waals surface area contributed by atoms with E-state index in [1.54, 1.807) is 51.1 Å². The van der Waals surface area contributed by atoms with Crippen LogP contribution in [0.1, 0.15) is 26.3 Å². The van der Waals surface area contributed by atoms with Gasteiger partial charge >= 0.3 is 12.1 Å². The number of rotatable bonds is 5. The van der Waals surface area contributed by atoms with Crippen molar-refractivity contribution in [3.63, 3.8) is 0 Å². The number of hydrogen-bond acceptors (Lipinski definition) is 4. The Bertz CT molecular complexity index is 947. The molecule has 1 amide bonds. The molecule has 0 aromatic heterocycles. The Kier molecular flexibility index (Phi) is 7.24. The molecule has 0 radical (unpaired) electrons. The number of amides is 1. The highest BCUT2D eigenvalue weighted by Crippen LogP contribution is 2.30. The highest BCUT2D eigenvalue weighted by atomic mass is 19.2. The van der Waals surface area contributed by atoms with Gasteiger partial charge in [0.05, 0.1) is 0 Å². The van der Waals surface area contributed by atoms with Gasteiger partial charge in [-0.2, -0.15) is 8.78 Å². The first-order valence-corrected chi connectivity index (χ1v) is 9.06. The third kappa shape index (κ3) is 5.71. The molecule has 2 rings (SSSR count). The second-order valence-corrected chi connectivity index (χ2v) is 7.62. The summed E-state index contributed by atoms with van der Waals surface area (Å²) >= 11 is 0. The lowest BCUT2D eigenvalue weighted by Gasteiger charge is -2.29. The van der Waals surface area contributed by atoms with Crippen LogP contribution in [0.4, 0.5) is 26.7 Å². The van der Waals surface area contributed by atoms with E-state index >= 15 is 0 Å². The molecule has 0 aliphatic carbocycles. The van der Waals surface area contributed by atoms with Crippen LogP contribution in [-0.4, -0.2) is 35.7 Å². The molecule has 0 spiro atoms. The summed E-state index contributed by atoms with van der Waals surface area (Å²) in [6, 6.07) is 6.73. The van der Waals surface area contributed by atoms with Gasteiger partial charge in [-0.15, -0.1) is 0 Å². The molecule has 0 aliphatic heterocycles. The number of carbonyl (C=O) groups is 2. The van der Waals surface area contributed by atoms with Crippen LogP contribution >= 0.6 is 0 Å². The predicted octanol–water partition coefficient (Wildman–Crippen LogP) is 4.77. The minimum Gasteiger partial charge on any atom is -0.444 e. The second kappa shape index (κ2) is 9.32. The Hall–Kier alpha value is -3.17. The number of nitrogens with zero attached hydrogens (tertiary/aromatic N) is 1. The van der Waals surface area contributed by atoms with Crippen LogP contribution < -0.4 is 4.74 Å². The minimum atomic E-state index is -2.39. The Labute approximate surface area is 175 Å². The molecule has 1 atom stereocenters. The summed E-state index contributed by atoms with van der Waals surface area (Å²) in [5.41, 5.74) is -0.384. The molecule has 0 aliphatic rings. The molecule has 5 nitrogen and oxygen atoms in total. The van der Waals surface area contributed by atoms with E-state index in [0.717, 1.165) is 4.90 Å². The number of carbonyl (C=O) groups excluding carboxylic acids is 2. The molecular weight excluding hydrogens is 425 g/mol. The summed E-state index contributed by atoms with van der Waals surface area (Å²) in [6.07, 6.45) is -1.13. The van der Waals surface area contributed by atoms with Crippen LogP contribution in [-0.2, 0) is 16.0 Å². The zero-order valence-corrected chi connectivity index (χ0v) is 17.1. The van der Waals surface area contributed by atoms with Crippen molar-refractivity contribution < 1.29 is 41.0 Å². The third-order valence-electron chi connectivity index (χ3n) is 4.07. The molecule has 0 N–H and O–H groups in total. The molecule has 0 heterocycles. The van der Waals surface area contributed by atoms with E-state index in [0.29, 0.717) is 5.56 Å². The number of benzene rings is 2. The van der Waals surface area contributed by atoms with Gasteiger partial charge in [0.25, 0.3) is 0 Å². The maximum Gasteiger partial charge on any atom is 0.410 e. The molecule has 31 heavy (non-hydrogen) atoms. The maximum atomic E-state index is 13.9. The fraction of sp³-hybridized carbons (Fsp3) is 0.333. The van der Waals surface area contributed by atoms with E-state index in [1.165, 1.54) is 7.05 Å². The molecule has 168 valence electrons. The number of halogens is 5. The van der Waals surface area contributed by atoms with Crippen LogP contribution in [0.5, 0.6) is 5.75 Å². The highest BCUT2D eigenvalue weighted by Gasteiger charge is 2.35. The molecule has 0 saturated heterocycles. The molecule has 2 aromatic carbocycles. The van der Waals surface area contributed by atoms with Crippen LogP contribution in [0.15, 0.2) is 30.3 Å². The van der Waals surface area contributed by atoms with Crippen molar-refractivity contribution in [2.24, 2.45) is 0 Å². The average molecular weight is 445 g/mol. The van der Waals surface area contributed by atoms with E-state index < -0.39 is 58.5 Å². The van der Waals surface area contributed by atoms with Crippen LogP contribution in [0, 0.1) is 29.1 Å². The van der Waals surface area contributed by atoms with E-state index in [4.69, 9.17) is 4.74 Å². The Morgan fingerprint density at radius 2 is 1.39 bits per heavy atom. The van der Waals surface area contributed by atoms with Gasteiger partial charge in [0, 0.05) is 13.5 Å². The molecular formula is C21H20F5NO4. The Morgan fingerprint density at radius 3 is 1.87 bits per heavy atom. The van der Waals surface area contributed by atoms with Crippen molar-refractivity contribution in [1.29, 1.82) is 0 Å². The normalized spacial score (nSPS) is 12.3. The van der Waals surface area contributed by atoms with Crippen molar-refractivity contribution in [3.8, 4) is 5.75 Å². The van der Waals surface area contributed by atoms with Gasteiger partial charge in [0.15, 0.2) is 0 Å². The van der Waals surface area contributed by atoms with Crippen molar-refractivity contribution in [2.45, 2.75) is 38.8 Å². The monoisotopic (exact) mass is 445 g/mol. The first-order chi connectivity index (χ1) is 14.3. The van der Waals surface area contributed by atoms with Crippen LogP contribution in [0.25, 0.3) is 0 Å². The van der Waals surface area contributed by atoms with Crippen LogP contribution in [0.2, 0.25) is 0 Å². The zero-order chi connectivity index (χ0) is 23.5. The smallest absolute Gasteiger partial charge is 0.410 e. The molecule has 0 bridgehead atoms. The Morgan fingerprint density at radius 1 is 0.903 bits per heavy atom. The molecule has 0 fully saturated rings. The van der Waals surface area contributed by atoms with Gasteiger partial charge < -0.3 is 9.47 Å². The molecule has 0 saturated carbocycles. The van der Waals surface area contributed by atoms with Gasteiger partial charge in [-0.3, -0.25) is 4.90 Å². The topological polar surface area (TPSA) is 55.8 Å². The van der Waals surface area contributed by atoms with E-state index in [2.05, 4.69) is 4.74 Å². The number of hydrogen-bond donors (Lipinski definition) is 0. The lowest BCUT2D eigenvalue weighted by molar-refractivity contribution is -0.140. The molecule has 10 heteroatoms. The second-order valence-electron chi connectivity index (χ2n) is 7.62. The van der Waals surface area contributed by atoms with E-state index in [1.807, 2.05) is 0 Å². The van der Waals surface area contributed by atoms with E-state index in [-0.39, 0.29) is 6.42 Å². The fourth-order valence-corrected chi connectivity index (χ4v) is 2.52. The summed E-state index contributed by atoms with van der Waals surface area (Å²) in [4.78, 5) is 25.9. The number of likely N-dealkylation sites (N-methyl/N-ethyl adjacent to an activating group) is 1. The number of ether oxygens (including phenoxy) is 2. The third-order valence-corrected chi connectivity index (χ3v) is 4.07. The van der Waals surface area contributed by atoms with Crippen molar-refractivity contribution in [3.05, 3.63) is 65.0 Å². The van der Waals surface area contributed by atoms with Gasteiger partial charge in [-0.05, 0) is 26.3 Å². The highest BCUT2D eigenvalue weighted by molar-refractivity contribution is 5.83. The van der Waals surface area contributed by atoms with Gasteiger partial charge in [0.2, 0.25) is 34.8 Å².